The van der Waals surface area contributed by atoms with Gasteiger partial charge >= 0.3 is 0 Å². The average molecular weight is 282 g/mol. The van der Waals surface area contributed by atoms with Gasteiger partial charge in [-0.1, -0.05) is 17.8 Å². The maximum atomic E-state index is 4.27. The lowest BCUT2D eigenvalue weighted by molar-refractivity contribution is 0.156. The molecule has 0 aliphatic heterocycles. The second-order valence-electron chi connectivity index (χ2n) is 5.58. The van der Waals surface area contributed by atoms with Crippen LogP contribution in [0.5, 0.6) is 0 Å². The molecule has 1 heterocycles. The Morgan fingerprint density at radius 2 is 2.00 bits per heavy atom. The number of hydrogen-bond donors (Lipinski definition) is 1. The van der Waals surface area contributed by atoms with E-state index in [1.165, 1.54) is 43.6 Å². The summed E-state index contributed by atoms with van der Waals surface area (Å²) in [6.45, 7) is 6.28. The zero-order valence-electron chi connectivity index (χ0n) is 12.4. The summed E-state index contributed by atoms with van der Waals surface area (Å²) in [5.74, 6) is 0.961. The van der Waals surface area contributed by atoms with Crippen LogP contribution in [0.3, 0.4) is 0 Å². The van der Waals surface area contributed by atoms with Crippen molar-refractivity contribution >= 4 is 16.5 Å². The number of hydrogen-bond acceptors (Lipinski definition) is 5. The highest BCUT2D eigenvalue weighted by Crippen LogP contribution is 2.30. The molecule has 0 unspecified atom stereocenters. The van der Waals surface area contributed by atoms with Gasteiger partial charge in [0.15, 0.2) is 0 Å². The van der Waals surface area contributed by atoms with E-state index in [2.05, 4.69) is 40.7 Å². The van der Waals surface area contributed by atoms with Crippen molar-refractivity contribution in [3.63, 3.8) is 0 Å². The fraction of sp³-hybridized carbons (Fsp3) is 0.857. The molecule has 19 heavy (non-hydrogen) atoms. The fourth-order valence-electron chi connectivity index (χ4n) is 2.97. The highest BCUT2D eigenvalue weighted by Gasteiger charge is 2.24. The molecule has 1 aliphatic carbocycles. The van der Waals surface area contributed by atoms with E-state index < -0.39 is 0 Å². The minimum atomic E-state index is 0.721. The summed E-state index contributed by atoms with van der Waals surface area (Å²) in [5.41, 5.74) is 1.10. The standard InChI is InChI=1S/C14H26N4S/c1-4-11-6-8-12(9-7-11)18(3)10-13-14(15-5-2)19-17-16-13/h11-12,15H,4-10H2,1-3H3. The van der Waals surface area contributed by atoms with Crippen molar-refractivity contribution in [1.82, 2.24) is 14.5 Å². The molecule has 5 heteroatoms. The molecule has 0 amide bonds. The maximum absolute atomic E-state index is 4.27. The van der Waals surface area contributed by atoms with Crippen LogP contribution in [-0.2, 0) is 6.54 Å². The predicted molar refractivity (Wildman–Crippen MR) is 81.6 cm³/mol. The Hall–Kier alpha value is -0.680. The third-order valence-electron chi connectivity index (χ3n) is 4.31. The molecule has 0 spiro atoms. The molecule has 2 rings (SSSR count). The number of aromatic nitrogens is 2. The third-order valence-corrected chi connectivity index (χ3v) is 5.04. The van der Waals surface area contributed by atoms with Gasteiger partial charge in [0.2, 0.25) is 0 Å². The van der Waals surface area contributed by atoms with Crippen LogP contribution < -0.4 is 5.32 Å². The highest BCUT2D eigenvalue weighted by atomic mass is 32.1. The van der Waals surface area contributed by atoms with Gasteiger partial charge in [-0.15, -0.1) is 5.10 Å². The third kappa shape index (κ3) is 3.89. The molecule has 0 atom stereocenters. The number of anilines is 1. The first-order chi connectivity index (χ1) is 9.24. The van der Waals surface area contributed by atoms with Crippen molar-refractivity contribution in [3.05, 3.63) is 5.69 Å². The van der Waals surface area contributed by atoms with E-state index in [1.54, 1.807) is 0 Å². The normalized spacial score (nSPS) is 23.8. The zero-order chi connectivity index (χ0) is 13.7. The fourth-order valence-corrected chi connectivity index (χ4v) is 3.61. The summed E-state index contributed by atoms with van der Waals surface area (Å²) >= 11 is 1.47. The van der Waals surface area contributed by atoms with Crippen LogP contribution in [-0.4, -0.2) is 34.1 Å². The monoisotopic (exact) mass is 282 g/mol. The van der Waals surface area contributed by atoms with Crippen LogP contribution in [0.2, 0.25) is 0 Å². The summed E-state index contributed by atoms with van der Waals surface area (Å²) in [4.78, 5) is 2.46. The second kappa shape index (κ2) is 7.20. The zero-order valence-corrected chi connectivity index (χ0v) is 13.2. The van der Waals surface area contributed by atoms with Crippen LogP contribution in [0.1, 0.15) is 51.6 Å². The van der Waals surface area contributed by atoms with Gasteiger partial charge in [0.05, 0.1) is 0 Å². The Balaban J connectivity index is 1.87. The molecular formula is C14H26N4S. The molecule has 1 aromatic heterocycles. The summed E-state index contributed by atoms with van der Waals surface area (Å²) in [6.07, 6.45) is 6.80. The Morgan fingerprint density at radius 3 is 2.63 bits per heavy atom. The van der Waals surface area contributed by atoms with E-state index in [0.717, 1.165) is 35.7 Å². The first kappa shape index (κ1) is 14.7. The Labute approximate surface area is 120 Å². The molecule has 1 N–H and O–H groups in total. The largest absolute Gasteiger partial charge is 0.374 e. The summed E-state index contributed by atoms with van der Waals surface area (Å²) < 4.78 is 4.07. The topological polar surface area (TPSA) is 41.1 Å². The van der Waals surface area contributed by atoms with Gasteiger partial charge < -0.3 is 5.32 Å². The van der Waals surface area contributed by atoms with Crippen molar-refractivity contribution in [3.8, 4) is 0 Å². The van der Waals surface area contributed by atoms with E-state index in [0.29, 0.717) is 0 Å². The molecule has 0 radical (unpaired) electrons. The minimum Gasteiger partial charge on any atom is -0.374 e. The second-order valence-corrected chi connectivity index (χ2v) is 6.33. The smallest absolute Gasteiger partial charge is 0.134 e. The molecule has 1 saturated carbocycles. The molecule has 4 nitrogen and oxygen atoms in total. The first-order valence-electron chi connectivity index (χ1n) is 7.49. The molecule has 1 fully saturated rings. The number of nitrogens with one attached hydrogen (secondary N) is 1. The Bertz CT molecular complexity index is 371. The lowest BCUT2D eigenvalue weighted by Crippen LogP contribution is -2.34. The number of nitrogens with zero attached hydrogens (tertiary/aromatic N) is 3. The van der Waals surface area contributed by atoms with Crippen molar-refractivity contribution in [1.29, 1.82) is 0 Å². The van der Waals surface area contributed by atoms with Gasteiger partial charge in [-0.3, -0.25) is 4.90 Å². The summed E-state index contributed by atoms with van der Waals surface area (Å²) in [7, 11) is 2.23. The Morgan fingerprint density at radius 1 is 1.26 bits per heavy atom. The van der Waals surface area contributed by atoms with Crippen molar-refractivity contribution < 1.29 is 0 Å². The van der Waals surface area contributed by atoms with E-state index in [4.69, 9.17) is 0 Å². The van der Waals surface area contributed by atoms with Crippen LogP contribution in [0.4, 0.5) is 5.00 Å². The van der Waals surface area contributed by atoms with Gasteiger partial charge in [-0.25, -0.2) is 0 Å². The molecule has 0 bridgehead atoms. The highest BCUT2D eigenvalue weighted by molar-refractivity contribution is 7.10. The van der Waals surface area contributed by atoms with Crippen LogP contribution in [0.25, 0.3) is 0 Å². The Kier molecular flexibility index (Phi) is 5.58. The van der Waals surface area contributed by atoms with Gasteiger partial charge in [-0.05, 0) is 45.6 Å². The molecule has 1 aliphatic rings. The van der Waals surface area contributed by atoms with Gasteiger partial charge in [0, 0.05) is 30.7 Å². The van der Waals surface area contributed by atoms with Crippen LogP contribution >= 0.6 is 11.5 Å². The molecule has 0 aromatic carbocycles. The van der Waals surface area contributed by atoms with Crippen molar-refractivity contribution in [2.24, 2.45) is 5.92 Å². The molecule has 108 valence electrons. The average Bonchev–Trinajstić information content (AvgIpc) is 2.86. The minimum absolute atomic E-state index is 0.721. The maximum Gasteiger partial charge on any atom is 0.134 e. The van der Waals surface area contributed by atoms with Gasteiger partial charge in [0.25, 0.3) is 0 Å². The summed E-state index contributed by atoms with van der Waals surface area (Å²) in [5, 5.41) is 8.75. The van der Waals surface area contributed by atoms with Gasteiger partial charge in [-0.2, -0.15) is 0 Å². The first-order valence-corrected chi connectivity index (χ1v) is 8.27. The molecular weight excluding hydrogens is 256 g/mol. The lowest BCUT2D eigenvalue weighted by Gasteiger charge is -2.34. The van der Waals surface area contributed by atoms with E-state index in [9.17, 15) is 0 Å². The van der Waals surface area contributed by atoms with Crippen molar-refractivity contribution in [2.75, 3.05) is 18.9 Å². The summed E-state index contributed by atoms with van der Waals surface area (Å²) in [6, 6.07) is 0.721. The SMILES string of the molecule is CCNc1snnc1CN(C)C1CCC(CC)CC1. The van der Waals surface area contributed by atoms with E-state index in [1.807, 2.05) is 0 Å². The van der Waals surface area contributed by atoms with E-state index in [-0.39, 0.29) is 0 Å². The molecule has 0 saturated heterocycles. The van der Waals surface area contributed by atoms with Crippen molar-refractivity contribution in [2.45, 2.75) is 58.5 Å². The van der Waals surface area contributed by atoms with E-state index >= 15 is 0 Å². The molecule has 1 aromatic rings. The number of rotatable bonds is 6. The quantitative estimate of drug-likeness (QED) is 0.868. The van der Waals surface area contributed by atoms with Gasteiger partial charge in [0.1, 0.15) is 10.7 Å². The predicted octanol–water partition coefficient (Wildman–Crippen LogP) is 3.37. The van der Waals surface area contributed by atoms with Crippen LogP contribution in [0.15, 0.2) is 0 Å². The lowest BCUT2D eigenvalue weighted by atomic mass is 9.84. The van der Waals surface area contributed by atoms with Crippen LogP contribution in [0, 0.1) is 5.92 Å².